The molecule has 3 rings (SSSR count). The molecule has 0 aliphatic carbocycles. The predicted octanol–water partition coefficient (Wildman–Crippen LogP) is 3.29. The highest BCUT2D eigenvalue weighted by molar-refractivity contribution is 6.31. The Hall–Kier alpha value is -2.93. The Kier molecular flexibility index (Phi) is 4.95. The number of nitrogens with zero attached hydrogens (tertiary/aromatic N) is 5. The fourth-order valence-corrected chi connectivity index (χ4v) is 2.57. The number of urea groups is 1. The lowest BCUT2D eigenvalue weighted by Gasteiger charge is -2.19. The molecule has 0 aliphatic heterocycles. The molecule has 8 heteroatoms. The van der Waals surface area contributed by atoms with Gasteiger partial charge in [-0.05, 0) is 46.7 Å². The lowest BCUT2D eigenvalue weighted by Crippen LogP contribution is -2.31. The van der Waals surface area contributed by atoms with Crippen molar-refractivity contribution in [2.75, 3.05) is 12.4 Å². The first kappa shape index (κ1) is 16.9. The standard InChI is InChI=1S/C17H17ClN6O/c1-12-7-8-14(9-16(12)24-11-19-21-22-24)20-17(25)23(2)10-13-5-3-4-6-15(13)18/h3-9,11H,10H2,1-2H3,(H,20,25). The van der Waals surface area contributed by atoms with Crippen LogP contribution >= 0.6 is 11.6 Å². The molecule has 25 heavy (non-hydrogen) atoms. The number of aryl methyl sites for hydroxylation is 1. The minimum Gasteiger partial charge on any atom is -0.323 e. The summed E-state index contributed by atoms with van der Waals surface area (Å²) in [6.45, 7) is 2.36. The molecular weight excluding hydrogens is 340 g/mol. The van der Waals surface area contributed by atoms with E-state index < -0.39 is 0 Å². The van der Waals surface area contributed by atoms with E-state index in [0.717, 1.165) is 16.8 Å². The van der Waals surface area contributed by atoms with E-state index in [0.29, 0.717) is 17.3 Å². The van der Waals surface area contributed by atoms with Crippen LogP contribution in [-0.4, -0.2) is 38.2 Å². The minimum absolute atomic E-state index is 0.230. The van der Waals surface area contributed by atoms with Crippen LogP contribution in [0.3, 0.4) is 0 Å². The Morgan fingerprint density at radius 2 is 2.08 bits per heavy atom. The highest BCUT2D eigenvalue weighted by Gasteiger charge is 2.12. The first-order valence-electron chi connectivity index (χ1n) is 7.64. The topological polar surface area (TPSA) is 75.9 Å². The van der Waals surface area contributed by atoms with Gasteiger partial charge in [-0.15, -0.1) is 5.10 Å². The summed E-state index contributed by atoms with van der Waals surface area (Å²) in [6, 6.07) is 12.8. The molecule has 1 N–H and O–H groups in total. The zero-order valence-corrected chi connectivity index (χ0v) is 14.6. The number of rotatable bonds is 4. The maximum atomic E-state index is 12.4. The lowest BCUT2D eigenvalue weighted by molar-refractivity contribution is 0.220. The third-order valence-corrected chi connectivity index (χ3v) is 4.14. The van der Waals surface area contributed by atoms with E-state index in [1.54, 1.807) is 22.7 Å². The van der Waals surface area contributed by atoms with Gasteiger partial charge < -0.3 is 10.2 Å². The number of benzene rings is 2. The van der Waals surface area contributed by atoms with Gasteiger partial charge in [0.25, 0.3) is 0 Å². The number of halogens is 1. The molecule has 1 heterocycles. The van der Waals surface area contributed by atoms with Crippen LogP contribution in [0.15, 0.2) is 48.8 Å². The summed E-state index contributed by atoms with van der Waals surface area (Å²) in [5.74, 6) is 0. The lowest BCUT2D eigenvalue weighted by atomic mass is 10.2. The van der Waals surface area contributed by atoms with Crippen LogP contribution in [0.5, 0.6) is 0 Å². The molecule has 3 aromatic rings. The molecule has 7 nitrogen and oxygen atoms in total. The number of aromatic nitrogens is 4. The van der Waals surface area contributed by atoms with Crippen molar-refractivity contribution < 1.29 is 4.79 Å². The molecule has 0 atom stereocenters. The molecule has 0 spiro atoms. The number of tetrazole rings is 1. The monoisotopic (exact) mass is 356 g/mol. The highest BCUT2D eigenvalue weighted by atomic mass is 35.5. The third kappa shape index (κ3) is 3.95. The second-order valence-electron chi connectivity index (χ2n) is 5.63. The van der Waals surface area contributed by atoms with E-state index in [1.807, 2.05) is 43.3 Å². The van der Waals surface area contributed by atoms with Gasteiger partial charge >= 0.3 is 6.03 Å². The zero-order chi connectivity index (χ0) is 17.8. The van der Waals surface area contributed by atoms with E-state index >= 15 is 0 Å². The predicted molar refractivity (Wildman–Crippen MR) is 95.8 cm³/mol. The van der Waals surface area contributed by atoms with Crippen LogP contribution in [0, 0.1) is 6.92 Å². The normalized spacial score (nSPS) is 10.5. The molecule has 0 unspecified atom stereocenters. The van der Waals surface area contributed by atoms with E-state index in [4.69, 9.17) is 11.6 Å². The molecule has 0 aliphatic rings. The van der Waals surface area contributed by atoms with E-state index in [9.17, 15) is 4.79 Å². The van der Waals surface area contributed by atoms with Crippen LogP contribution < -0.4 is 5.32 Å². The summed E-state index contributed by atoms with van der Waals surface area (Å²) in [7, 11) is 1.72. The molecule has 2 aromatic carbocycles. The van der Waals surface area contributed by atoms with Crippen molar-refractivity contribution in [1.29, 1.82) is 0 Å². The van der Waals surface area contributed by atoms with Gasteiger partial charge in [0.15, 0.2) is 0 Å². The summed E-state index contributed by atoms with van der Waals surface area (Å²) >= 11 is 6.15. The Labute approximate surface area is 150 Å². The molecule has 0 radical (unpaired) electrons. The first-order chi connectivity index (χ1) is 12.0. The SMILES string of the molecule is Cc1ccc(NC(=O)N(C)Cc2ccccc2Cl)cc1-n1cnnn1. The average Bonchev–Trinajstić information content (AvgIpc) is 3.13. The number of amides is 2. The van der Waals surface area contributed by atoms with Gasteiger partial charge in [0, 0.05) is 24.3 Å². The Morgan fingerprint density at radius 3 is 2.80 bits per heavy atom. The number of nitrogens with one attached hydrogen (secondary N) is 1. The molecule has 0 saturated carbocycles. The number of carbonyl (C=O) groups is 1. The maximum Gasteiger partial charge on any atom is 0.321 e. The fraction of sp³-hybridized carbons (Fsp3) is 0.176. The van der Waals surface area contributed by atoms with E-state index in [2.05, 4.69) is 20.8 Å². The van der Waals surface area contributed by atoms with Crippen molar-refractivity contribution >= 4 is 23.3 Å². The van der Waals surface area contributed by atoms with Gasteiger partial charge in [-0.1, -0.05) is 35.9 Å². The molecule has 128 valence electrons. The molecule has 0 fully saturated rings. The fourth-order valence-electron chi connectivity index (χ4n) is 2.38. The molecule has 1 aromatic heterocycles. The summed E-state index contributed by atoms with van der Waals surface area (Å²) < 4.78 is 1.55. The van der Waals surface area contributed by atoms with Gasteiger partial charge in [-0.25, -0.2) is 9.48 Å². The number of hydrogen-bond acceptors (Lipinski definition) is 4. The molecular formula is C17H17ClN6O. The summed E-state index contributed by atoms with van der Waals surface area (Å²) in [5.41, 5.74) is 3.35. The van der Waals surface area contributed by atoms with Crippen LogP contribution in [0.1, 0.15) is 11.1 Å². The Bertz CT molecular complexity index is 881. The Morgan fingerprint density at radius 1 is 1.28 bits per heavy atom. The van der Waals surface area contributed by atoms with Crippen LogP contribution in [-0.2, 0) is 6.54 Å². The van der Waals surface area contributed by atoms with Gasteiger partial charge in [0.1, 0.15) is 6.33 Å². The highest BCUT2D eigenvalue weighted by Crippen LogP contribution is 2.20. The second kappa shape index (κ2) is 7.31. The average molecular weight is 357 g/mol. The number of anilines is 1. The second-order valence-corrected chi connectivity index (χ2v) is 6.04. The van der Waals surface area contributed by atoms with E-state index in [-0.39, 0.29) is 6.03 Å². The summed E-state index contributed by atoms with van der Waals surface area (Å²) in [5, 5.41) is 14.7. The van der Waals surface area contributed by atoms with Crippen LogP contribution in [0.25, 0.3) is 5.69 Å². The summed E-state index contributed by atoms with van der Waals surface area (Å²) in [4.78, 5) is 14.0. The van der Waals surface area contributed by atoms with Gasteiger partial charge in [-0.2, -0.15) is 0 Å². The number of carbonyl (C=O) groups excluding carboxylic acids is 1. The third-order valence-electron chi connectivity index (χ3n) is 3.77. The van der Waals surface area contributed by atoms with Crippen molar-refractivity contribution in [3.05, 3.63) is 64.9 Å². The zero-order valence-electron chi connectivity index (χ0n) is 13.8. The van der Waals surface area contributed by atoms with Crippen LogP contribution in [0.4, 0.5) is 10.5 Å². The molecule has 2 amide bonds. The van der Waals surface area contributed by atoms with Crippen molar-refractivity contribution in [3.8, 4) is 5.69 Å². The van der Waals surface area contributed by atoms with E-state index in [1.165, 1.54) is 6.33 Å². The van der Waals surface area contributed by atoms with Gasteiger partial charge in [0.2, 0.25) is 0 Å². The molecule has 0 bridgehead atoms. The van der Waals surface area contributed by atoms with Gasteiger partial charge in [0.05, 0.1) is 5.69 Å². The summed E-state index contributed by atoms with van der Waals surface area (Å²) in [6.07, 6.45) is 1.51. The smallest absolute Gasteiger partial charge is 0.321 e. The minimum atomic E-state index is -0.230. The van der Waals surface area contributed by atoms with Crippen molar-refractivity contribution in [2.24, 2.45) is 0 Å². The quantitative estimate of drug-likeness (QED) is 0.778. The first-order valence-corrected chi connectivity index (χ1v) is 8.02. The maximum absolute atomic E-state index is 12.4. The van der Waals surface area contributed by atoms with Crippen LogP contribution in [0.2, 0.25) is 5.02 Å². The van der Waals surface area contributed by atoms with Crippen molar-refractivity contribution in [1.82, 2.24) is 25.1 Å². The van der Waals surface area contributed by atoms with Gasteiger partial charge in [-0.3, -0.25) is 0 Å². The molecule has 0 saturated heterocycles. The van der Waals surface area contributed by atoms with Crippen molar-refractivity contribution in [2.45, 2.75) is 13.5 Å². The van der Waals surface area contributed by atoms with Crippen molar-refractivity contribution in [3.63, 3.8) is 0 Å². The largest absolute Gasteiger partial charge is 0.323 e. The number of hydrogen-bond donors (Lipinski definition) is 1. The Balaban J connectivity index is 1.72.